The molecule has 4 nitrogen and oxygen atoms in total. The molecule has 0 aliphatic carbocycles. The number of ether oxygens (including phenoxy) is 1. The summed E-state index contributed by atoms with van der Waals surface area (Å²) in [4.78, 5) is 13.8. The summed E-state index contributed by atoms with van der Waals surface area (Å²) in [7, 11) is 0. The van der Waals surface area contributed by atoms with Gasteiger partial charge in [0, 0.05) is 23.8 Å². The summed E-state index contributed by atoms with van der Waals surface area (Å²) in [5, 5.41) is 0. The van der Waals surface area contributed by atoms with Crippen molar-refractivity contribution in [1.29, 1.82) is 0 Å². The molecule has 0 spiro atoms. The van der Waals surface area contributed by atoms with Crippen molar-refractivity contribution in [3.63, 3.8) is 0 Å². The molecule has 0 saturated heterocycles. The third-order valence-corrected chi connectivity index (χ3v) is 3.22. The lowest BCUT2D eigenvalue weighted by atomic mass is 10.1. The van der Waals surface area contributed by atoms with Crippen LogP contribution in [0.4, 0.5) is 5.69 Å². The summed E-state index contributed by atoms with van der Waals surface area (Å²) in [6.45, 7) is 4.81. The molecular weight excluding hydrogens is 216 g/mol. The number of fused-ring (bicyclic) bond motifs is 1. The van der Waals surface area contributed by atoms with E-state index in [9.17, 15) is 4.79 Å². The number of hydrogen-bond donors (Lipinski definition) is 1. The number of nitrogens with zero attached hydrogens (tertiary/aromatic N) is 1. The predicted octanol–water partition coefficient (Wildman–Crippen LogP) is 1.79. The van der Waals surface area contributed by atoms with Gasteiger partial charge in [-0.3, -0.25) is 4.79 Å². The molecule has 0 fully saturated rings. The SMILES string of the molecule is CCC(C)N1Cc2cc(N)ccc2OCC1=O. The van der Waals surface area contributed by atoms with E-state index in [-0.39, 0.29) is 18.6 Å². The van der Waals surface area contributed by atoms with Gasteiger partial charge < -0.3 is 15.4 Å². The van der Waals surface area contributed by atoms with Gasteiger partial charge in [0.1, 0.15) is 5.75 Å². The largest absolute Gasteiger partial charge is 0.483 e. The molecule has 1 aromatic rings. The highest BCUT2D eigenvalue weighted by Crippen LogP contribution is 2.26. The first-order chi connectivity index (χ1) is 8.11. The second-order valence-electron chi connectivity index (χ2n) is 4.43. The fraction of sp³-hybridized carbons (Fsp3) is 0.462. The number of carbonyl (C=O) groups excluding carboxylic acids is 1. The summed E-state index contributed by atoms with van der Waals surface area (Å²) in [6, 6.07) is 5.72. The third kappa shape index (κ3) is 2.35. The van der Waals surface area contributed by atoms with Gasteiger partial charge in [-0.15, -0.1) is 0 Å². The molecule has 1 amide bonds. The van der Waals surface area contributed by atoms with Crippen LogP contribution >= 0.6 is 0 Å². The minimum atomic E-state index is 0.0362. The topological polar surface area (TPSA) is 55.6 Å². The number of nitrogens with two attached hydrogens (primary N) is 1. The van der Waals surface area contributed by atoms with E-state index in [2.05, 4.69) is 13.8 Å². The summed E-state index contributed by atoms with van der Waals surface area (Å²) in [5.74, 6) is 0.799. The molecule has 0 bridgehead atoms. The van der Waals surface area contributed by atoms with E-state index in [1.54, 1.807) is 6.07 Å². The maximum Gasteiger partial charge on any atom is 0.261 e. The zero-order chi connectivity index (χ0) is 12.4. The van der Waals surface area contributed by atoms with Crippen molar-refractivity contribution < 1.29 is 9.53 Å². The van der Waals surface area contributed by atoms with E-state index in [1.807, 2.05) is 17.0 Å². The van der Waals surface area contributed by atoms with Crippen LogP contribution in [-0.4, -0.2) is 23.5 Å². The quantitative estimate of drug-likeness (QED) is 0.794. The average Bonchev–Trinajstić information content (AvgIpc) is 2.48. The van der Waals surface area contributed by atoms with E-state index in [4.69, 9.17) is 10.5 Å². The highest BCUT2D eigenvalue weighted by atomic mass is 16.5. The number of hydrogen-bond acceptors (Lipinski definition) is 3. The Kier molecular flexibility index (Phi) is 3.22. The maximum absolute atomic E-state index is 11.9. The zero-order valence-electron chi connectivity index (χ0n) is 10.3. The molecule has 0 radical (unpaired) electrons. The second kappa shape index (κ2) is 4.65. The third-order valence-electron chi connectivity index (χ3n) is 3.22. The van der Waals surface area contributed by atoms with Gasteiger partial charge in [-0.1, -0.05) is 6.92 Å². The number of carbonyl (C=O) groups is 1. The highest BCUT2D eigenvalue weighted by Gasteiger charge is 2.24. The lowest BCUT2D eigenvalue weighted by molar-refractivity contribution is -0.135. The number of nitrogen functional groups attached to an aromatic ring is 1. The van der Waals surface area contributed by atoms with Gasteiger partial charge in [0.05, 0.1) is 0 Å². The van der Waals surface area contributed by atoms with Crippen LogP contribution in [0.1, 0.15) is 25.8 Å². The normalized spacial score (nSPS) is 17.1. The Hall–Kier alpha value is -1.71. The number of benzene rings is 1. The van der Waals surface area contributed by atoms with Gasteiger partial charge in [0.15, 0.2) is 6.61 Å². The first kappa shape index (κ1) is 11.8. The molecule has 2 N–H and O–H groups in total. The molecule has 0 aromatic heterocycles. The summed E-state index contributed by atoms with van der Waals surface area (Å²) >= 11 is 0. The van der Waals surface area contributed by atoms with Crippen LogP contribution < -0.4 is 10.5 Å². The lowest BCUT2D eigenvalue weighted by Gasteiger charge is -2.26. The van der Waals surface area contributed by atoms with Gasteiger partial charge in [0.2, 0.25) is 0 Å². The van der Waals surface area contributed by atoms with Crippen LogP contribution in [0, 0.1) is 0 Å². The molecule has 92 valence electrons. The Bertz CT molecular complexity index is 431. The van der Waals surface area contributed by atoms with Crippen molar-refractivity contribution in [2.45, 2.75) is 32.9 Å². The summed E-state index contributed by atoms with van der Waals surface area (Å²) in [6.07, 6.45) is 0.934. The van der Waals surface area contributed by atoms with Crippen LogP contribution in [0.3, 0.4) is 0 Å². The van der Waals surface area contributed by atoms with E-state index < -0.39 is 0 Å². The van der Waals surface area contributed by atoms with Crippen molar-refractivity contribution in [1.82, 2.24) is 4.90 Å². The second-order valence-corrected chi connectivity index (χ2v) is 4.43. The van der Waals surface area contributed by atoms with Crippen molar-refractivity contribution in [3.05, 3.63) is 23.8 Å². The number of amides is 1. The van der Waals surface area contributed by atoms with Gasteiger partial charge in [-0.2, -0.15) is 0 Å². The Morgan fingerprint density at radius 3 is 3.00 bits per heavy atom. The Labute approximate surface area is 101 Å². The van der Waals surface area contributed by atoms with Crippen LogP contribution in [0.25, 0.3) is 0 Å². The van der Waals surface area contributed by atoms with Crippen molar-refractivity contribution in [2.75, 3.05) is 12.3 Å². The minimum absolute atomic E-state index is 0.0362. The van der Waals surface area contributed by atoms with Crippen LogP contribution in [0.2, 0.25) is 0 Å². The monoisotopic (exact) mass is 234 g/mol. The fourth-order valence-corrected chi connectivity index (χ4v) is 1.98. The number of anilines is 1. The molecule has 1 aliphatic heterocycles. The van der Waals surface area contributed by atoms with E-state index in [1.165, 1.54) is 0 Å². The van der Waals surface area contributed by atoms with Gasteiger partial charge in [0.25, 0.3) is 5.91 Å². The Morgan fingerprint density at radius 1 is 1.53 bits per heavy atom. The van der Waals surface area contributed by atoms with Crippen LogP contribution in [0.15, 0.2) is 18.2 Å². The molecule has 17 heavy (non-hydrogen) atoms. The maximum atomic E-state index is 11.9. The molecule has 0 saturated carbocycles. The predicted molar refractivity (Wildman–Crippen MR) is 66.7 cm³/mol. The Balaban J connectivity index is 2.31. The summed E-state index contributed by atoms with van der Waals surface area (Å²) < 4.78 is 5.49. The molecular formula is C13H18N2O2. The van der Waals surface area contributed by atoms with Crippen molar-refractivity contribution in [3.8, 4) is 5.75 Å². The van der Waals surface area contributed by atoms with E-state index in [0.717, 1.165) is 17.7 Å². The average molecular weight is 234 g/mol. The smallest absolute Gasteiger partial charge is 0.261 e. The molecule has 2 rings (SSSR count). The van der Waals surface area contributed by atoms with E-state index in [0.29, 0.717) is 12.2 Å². The number of rotatable bonds is 2. The molecule has 1 atom stereocenters. The zero-order valence-corrected chi connectivity index (χ0v) is 10.3. The van der Waals surface area contributed by atoms with Crippen molar-refractivity contribution in [2.24, 2.45) is 0 Å². The van der Waals surface area contributed by atoms with Gasteiger partial charge in [-0.05, 0) is 31.5 Å². The molecule has 1 unspecified atom stereocenters. The molecule has 1 aromatic carbocycles. The first-order valence-corrected chi connectivity index (χ1v) is 5.92. The van der Waals surface area contributed by atoms with Gasteiger partial charge in [-0.25, -0.2) is 0 Å². The minimum Gasteiger partial charge on any atom is -0.483 e. The Morgan fingerprint density at radius 2 is 2.29 bits per heavy atom. The van der Waals surface area contributed by atoms with Gasteiger partial charge >= 0.3 is 0 Å². The van der Waals surface area contributed by atoms with Crippen LogP contribution in [0.5, 0.6) is 5.75 Å². The van der Waals surface area contributed by atoms with Crippen LogP contribution in [-0.2, 0) is 11.3 Å². The highest BCUT2D eigenvalue weighted by molar-refractivity contribution is 5.79. The lowest BCUT2D eigenvalue weighted by Crippen LogP contribution is -2.39. The molecule has 1 aliphatic rings. The summed E-state index contributed by atoms with van der Waals surface area (Å²) in [5.41, 5.74) is 7.44. The first-order valence-electron chi connectivity index (χ1n) is 5.92. The molecule has 1 heterocycles. The standard InChI is InChI=1S/C13H18N2O2/c1-3-9(2)15-7-10-6-11(14)4-5-12(10)17-8-13(15)16/h4-6,9H,3,7-8,14H2,1-2H3. The molecule has 4 heteroatoms. The van der Waals surface area contributed by atoms with Crippen molar-refractivity contribution >= 4 is 11.6 Å². The van der Waals surface area contributed by atoms with E-state index >= 15 is 0 Å². The fourth-order valence-electron chi connectivity index (χ4n) is 1.98.